The van der Waals surface area contributed by atoms with Crippen molar-refractivity contribution in [3.8, 4) is 0 Å². The van der Waals surface area contributed by atoms with E-state index in [0.717, 1.165) is 0 Å². The van der Waals surface area contributed by atoms with Crippen molar-refractivity contribution in [1.82, 2.24) is 0 Å². The number of hydrogen-bond donors (Lipinski definition) is 0. The molecule has 86 valence electrons. The molecule has 0 aliphatic carbocycles. The van der Waals surface area contributed by atoms with Crippen molar-refractivity contribution >= 4 is 54.5 Å². The summed E-state index contributed by atoms with van der Waals surface area (Å²) in [6.07, 6.45) is 0. The summed E-state index contributed by atoms with van der Waals surface area (Å²) >= 11 is 11.0. The van der Waals surface area contributed by atoms with E-state index in [1.54, 1.807) is 11.3 Å². The van der Waals surface area contributed by atoms with Crippen LogP contribution in [0.4, 0.5) is 0 Å². The molecule has 2 heterocycles. The highest BCUT2D eigenvalue weighted by molar-refractivity contribution is 9.11. The van der Waals surface area contributed by atoms with E-state index in [4.69, 9.17) is 0 Å². The minimum Gasteiger partial charge on any atom is -0.144 e. The Hall–Kier alpha value is 0.360. The van der Waals surface area contributed by atoms with Gasteiger partial charge in [0.25, 0.3) is 0 Å². The van der Waals surface area contributed by atoms with Crippen molar-refractivity contribution in [3.05, 3.63) is 41.7 Å². The second-order valence-corrected chi connectivity index (χ2v) is 8.65. The predicted molar refractivity (Wildman–Crippen MR) is 81.3 cm³/mol. The van der Waals surface area contributed by atoms with Crippen molar-refractivity contribution in [1.29, 1.82) is 0 Å². The Bertz CT molecular complexity index is 492. The average Bonchev–Trinajstić information content (AvgIpc) is 2.70. The van der Waals surface area contributed by atoms with Crippen molar-refractivity contribution in [3.63, 3.8) is 0 Å². The van der Waals surface area contributed by atoms with Crippen LogP contribution in [0.15, 0.2) is 15.9 Å². The molecule has 0 aliphatic heterocycles. The first-order chi connectivity index (χ1) is 7.49. The predicted octanol–water partition coefficient (Wildman–Crippen LogP) is 5.98. The van der Waals surface area contributed by atoms with Gasteiger partial charge in [-0.3, -0.25) is 0 Å². The molecular formula is C12H12Br2S2. The number of halogens is 2. The van der Waals surface area contributed by atoms with Crippen LogP contribution in [-0.4, -0.2) is 0 Å². The van der Waals surface area contributed by atoms with Gasteiger partial charge in [0, 0.05) is 14.6 Å². The first kappa shape index (κ1) is 12.8. The molecule has 0 aliphatic rings. The summed E-state index contributed by atoms with van der Waals surface area (Å²) in [5, 5.41) is 0. The van der Waals surface area contributed by atoms with Gasteiger partial charge >= 0.3 is 0 Å². The second kappa shape index (κ2) is 4.92. The third-order valence-electron chi connectivity index (χ3n) is 2.63. The molecule has 2 rings (SSSR count). The highest BCUT2D eigenvalue weighted by Crippen LogP contribution is 2.41. The van der Waals surface area contributed by atoms with Gasteiger partial charge in [-0.2, -0.15) is 0 Å². The lowest BCUT2D eigenvalue weighted by Crippen LogP contribution is -1.88. The molecule has 2 aromatic rings. The van der Waals surface area contributed by atoms with Crippen LogP contribution < -0.4 is 0 Å². The molecule has 0 spiro atoms. The van der Waals surface area contributed by atoms with Crippen molar-refractivity contribution in [2.75, 3.05) is 0 Å². The van der Waals surface area contributed by atoms with Gasteiger partial charge < -0.3 is 0 Å². The Kier molecular flexibility index (Phi) is 3.94. The Labute approximate surface area is 121 Å². The summed E-state index contributed by atoms with van der Waals surface area (Å²) in [5.41, 5.74) is 2.76. The van der Waals surface area contributed by atoms with Crippen LogP contribution in [0.2, 0.25) is 0 Å². The molecule has 0 radical (unpaired) electrons. The molecular weight excluding hydrogens is 368 g/mol. The maximum absolute atomic E-state index is 3.80. The van der Waals surface area contributed by atoms with Gasteiger partial charge in [0.05, 0.1) is 8.61 Å². The number of thiophene rings is 2. The van der Waals surface area contributed by atoms with E-state index in [1.165, 1.54) is 29.5 Å². The zero-order valence-electron chi connectivity index (χ0n) is 9.30. The molecule has 4 heteroatoms. The van der Waals surface area contributed by atoms with Crippen LogP contribution >= 0.6 is 54.5 Å². The topological polar surface area (TPSA) is 0 Å². The smallest absolute Gasteiger partial charge is 0.0749 e. The van der Waals surface area contributed by atoms with E-state index in [-0.39, 0.29) is 0 Å². The Morgan fingerprint density at radius 3 is 2.19 bits per heavy atom. The Morgan fingerprint density at radius 2 is 1.75 bits per heavy atom. The van der Waals surface area contributed by atoms with Crippen LogP contribution in [0.25, 0.3) is 0 Å². The number of alkyl halides is 1. The van der Waals surface area contributed by atoms with Crippen LogP contribution in [0.3, 0.4) is 0 Å². The van der Waals surface area contributed by atoms with Gasteiger partial charge in [-0.15, -0.1) is 22.7 Å². The number of hydrogen-bond acceptors (Lipinski definition) is 2. The van der Waals surface area contributed by atoms with E-state index in [2.05, 4.69) is 64.8 Å². The molecule has 0 fully saturated rings. The van der Waals surface area contributed by atoms with Crippen molar-refractivity contribution in [2.45, 2.75) is 25.6 Å². The second-order valence-electron chi connectivity index (χ2n) is 3.81. The average molecular weight is 380 g/mol. The lowest BCUT2D eigenvalue weighted by atomic mass is 10.1. The summed E-state index contributed by atoms with van der Waals surface area (Å²) in [4.78, 5) is 4.50. The quantitative estimate of drug-likeness (QED) is 0.562. The SMILES string of the molecule is Cc1cc(C(Br)c2cc(Br)sc2C)sc1C. The normalized spacial score (nSPS) is 13.1. The van der Waals surface area contributed by atoms with E-state index in [9.17, 15) is 0 Å². The highest BCUT2D eigenvalue weighted by atomic mass is 79.9. The lowest BCUT2D eigenvalue weighted by molar-refractivity contribution is 1.21. The monoisotopic (exact) mass is 378 g/mol. The van der Waals surface area contributed by atoms with Gasteiger partial charge in [-0.1, -0.05) is 15.9 Å². The first-order valence-corrected chi connectivity index (χ1v) is 8.30. The molecule has 2 aromatic heterocycles. The zero-order chi connectivity index (χ0) is 11.9. The Balaban J connectivity index is 2.38. The molecule has 0 bridgehead atoms. The molecule has 1 atom stereocenters. The van der Waals surface area contributed by atoms with Gasteiger partial charge in [-0.05, 0) is 60.0 Å². The van der Waals surface area contributed by atoms with E-state index in [0.29, 0.717) is 4.83 Å². The molecule has 0 N–H and O–H groups in total. The fraction of sp³-hybridized carbons (Fsp3) is 0.333. The number of aryl methyl sites for hydroxylation is 3. The number of rotatable bonds is 2. The van der Waals surface area contributed by atoms with Crippen molar-refractivity contribution in [2.24, 2.45) is 0 Å². The lowest BCUT2D eigenvalue weighted by Gasteiger charge is -2.06. The third-order valence-corrected chi connectivity index (χ3v) is 6.71. The standard InChI is InChI=1S/C12H12Br2S2/c1-6-4-10(15-7(6)2)12(14)9-5-11(13)16-8(9)3/h4-5,12H,1-3H3. The van der Waals surface area contributed by atoms with Crippen LogP contribution in [-0.2, 0) is 0 Å². The summed E-state index contributed by atoms with van der Waals surface area (Å²) in [6.45, 7) is 6.53. The van der Waals surface area contributed by atoms with Crippen molar-refractivity contribution < 1.29 is 0 Å². The molecule has 0 saturated heterocycles. The van der Waals surface area contributed by atoms with E-state index < -0.39 is 0 Å². The molecule has 0 aromatic carbocycles. The Morgan fingerprint density at radius 1 is 1.06 bits per heavy atom. The summed E-state index contributed by atoms with van der Waals surface area (Å²) < 4.78 is 1.20. The van der Waals surface area contributed by atoms with Gasteiger partial charge in [0.15, 0.2) is 0 Å². The summed E-state index contributed by atoms with van der Waals surface area (Å²) in [5.74, 6) is 0. The minimum atomic E-state index is 0.326. The van der Waals surface area contributed by atoms with Gasteiger partial charge in [0.1, 0.15) is 0 Å². The van der Waals surface area contributed by atoms with E-state index >= 15 is 0 Å². The summed E-state index contributed by atoms with van der Waals surface area (Å²) in [6, 6.07) is 4.49. The minimum absolute atomic E-state index is 0.326. The molecule has 0 saturated carbocycles. The molecule has 16 heavy (non-hydrogen) atoms. The summed E-state index contributed by atoms with van der Waals surface area (Å²) in [7, 11) is 0. The highest BCUT2D eigenvalue weighted by Gasteiger charge is 2.17. The van der Waals surface area contributed by atoms with Crippen LogP contribution in [0.1, 0.15) is 30.6 Å². The maximum Gasteiger partial charge on any atom is 0.0749 e. The van der Waals surface area contributed by atoms with Gasteiger partial charge in [0.2, 0.25) is 0 Å². The van der Waals surface area contributed by atoms with Crippen LogP contribution in [0.5, 0.6) is 0 Å². The fourth-order valence-corrected chi connectivity index (χ4v) is 5.42. The zero-order valence-corrected chi connectivity index (χ0v) is 14.1. The van der Waals surface area contributed by atoms with E-state index in [1.807, 2.05) is 11.3 Å². The molecule has 0 amide bonds. The van der Waals surface area contributed by atoms with Gasteiger partial charge in [-0.25, -0.2) is 0 Å². The third kappa shape index (κ3) is 2.45. The fourth-order valence-electron chi connectivity index (χ4n) is 1.59. The van der Waals surface area contributed by atoms with Crippen LogP contribution in [0, 0.1) is 20.8 Å². The molecule has 1 unspecified atom stereocenters. The largest absolute Gasteiger partial charge is 0.144 e. The maximum atomic E-state index is 3.80. The molecule has 0 nitrogen and oxygen atoms in total. The first-order valence-electron chi connectivity index (χ1n) is 4.96.